The molecule has 0 bridgehead atoms. The van der Waals surface area contributed by atoms with E-state index in [0.29, 0.717) is 15.0 Å². The molecule has 4 rings (SSSR count). The molecule has 1 fully saturated rings. The molecular weight excluding hydrogens is 440 g/mol. The number of nitrogens with one attached hydrogen (secondary N) is 1. The zero-order valence-electron chi connectivity index (χ0n) is 17.3. The molecule has 1 N–H and O–H groups in total. The Labute approximate surface area is 196 Å². The molecule has 1 aliphatic rings. The number of ether oxygens (including phenoxy) is 1. The summed E-state index contributed by atoms with van der Waals surface area (Å²) >= 11 is 6.67. The standard InChI is InChI=1S/C25H20N2O3S2/c1-17-10-12-19(13-11-17)26-23(28)16-30-21-9-5-6-18(14-21)15-22-24(29)27(25(31)32-22)20-7-3-2-4-8-20/h2-15H,16H2,1H3,(H,26,28)/b22-15-. The molecule has 0 spiro atoms. The van der Waals surface area contributed by atoms with Crippen LogP contribution in [0.3, 0.4) is 0 Å². The Hall–Kier alpha value is -3.42. The number of aryl methyl sites for hydroxylation is 1. The Morgan fingerprint density at radius 2 is 1.81 bits per heavy atom. The number of hydrogen-bond acceptors (Lipinski definition) is 5. The molecular formula is C25H20N2O3S2. The van der Waals surface area contributed by atoms with Crippen LogP contribution in [-0.4, -0.2) is 22.7 Å². The van der Waals surface area contributed by atoms with E-state index in [1.807, 2.05) is 73.7 Å². The second-order valence-corrected chi connectivity index (χ2v) is 8.80. The van der Waals surface area contributed by atoms with Crippen LogP contribution in [0.1, 0.15) is 11.1 Å². The molecule has 3 aromatic carbocycles. The lowest BCUT2D eigenvalue weighted by Gasteiger charge is -2.13. The average Bonchev–Trinajstić information content (AvgIpc) is 3.07. The lowest BCUT2D eigenvalue weighted by atomic mass is 10.2. The number of thioether (sulfide) groups is 1. The zero-order valence-corrected chi connectivity index (χ0v) is 18.9. The molecule has 0 unspecified atom stereocenters. The summed E-state index contributed by atoms with van der Waals surface area (Å²) in [6.45, 7) is 1.87. The van der Waals surface area contributed by atoms with Crippen LogP contribution < -0.4 is 15.0 Å². The lowest BCUT2D eigenvalue weighted by molar-refractivity contribution is -0.118. The molecule has 2 amide bonds. The fraction of sp³-hybridized carbons (Fsp3) is 0.0800. The Balaban J connectivity index is 1.41. The Kier molecular flexibility index (Phi) is 6.68. The number of amides is 2. The normalized spacial score (nSPS) is 14.7. The summed E-state index contributed by atoms with van der Waals surface area (Å²) in [5.41, 5.74) is 3.38. The second kappa shape index (κ2) is 9.80. The summed E-state index contributed by atoms with van der Waals surface area (Å²) in [6, 6.07) is 24.1. The van der Waals surface area contributed by atoms with Gasteiger partial charge in [0.1, 0.15) is 5.75 Å². The van der Waals surface area contributed by atoms with Gasteiger partial charge in [0, 0.05) is 5.69 Å². The fourth-order valence-corrected chi connectivity index (χ4v) is 4.39. The third-order valence-corrected chi connectivity index (χ3v) is 5.97. The quantitative estimate of drug-likeness (QED) is 0.393. The van der Waals surface area contributed by atoms with Crippen LogP contribution in [0.25, 0.3) is 6.08 Å². The highest BCUT2D eigenvalue weighted by Crippen LogP contribution is 2.36. The lowest BCUT2D eigenvalue weighted by Crippen LogP contribution is -2.27. The molecule has 0 saturated carbocycles. The van der Waals surface area contributed by atoms with Crippen molar-refractivity contribution in [3.63, 3.8) is 0 Å². The van der Waals surface area contributed by atoms with Gasteiger partial charge in [-0.25, -0.2) is 0 Å². The van der Waals surface area contributed by atoms with Crippen LogP contribution in [0.2, 0.25) is 0 Å². The molecule has 1 aliphatic heterocycles. The first-order valence-electron chi connectivity index (χ1n) is 9.92. The monoisotopic (exact) mass is 460 g/mol. The van der Waals surface area contributed by atoms with E-state index >= 15 is 0 Å². The molecule has 160 valence electrons. The topological polar surface area (TPSA) is 58.6 Å². The van der Waals surface area contributed by atoms with Gasteiger partial charge in [0.25, 0.3) is 11.8 Å². The highest BCUT2D eigenvalue weighted by Gasteiger charge is 2.33. The maximum atomic E-state index is 12.9. The largest absolute Gasteiger partial charge is 0.484 e. The van der Waals surface area contributed by atoms with E-state index in [9.17, 15) is 9.59 Å². The summed E-state index contributed by atoms with van der Waals surface area (Å²) in [4.78, 5) is 27.1. The van der Waals surface area contributed by atoms with Crippen LogP contribution in [0, 0.1) is 6.92 Å². The SMILES string of the molecule is Cc1ccc(NC(=O)COc2cccc(/C=C3\SC(=S)N(c4ccccc4)C3=O)c2)cc1. The fourth-order valence-electron chi connectivity index (χ4n) is 3.10. The summed E-state index contributed by atoms with van der Waals surface area (Å²) in [7, 11) is 0. The number of benzene rings is 3. The van der Waals surface area contributed by atoms with Gasteiger partial charge >= 0.3 is 0 Å². The average molecular weight is 461 g/mol. The first-order chi connectivity index (χ1) is 15.5. The van der Waals surface area contributed by atoms with Crippen molar-refractivity contribution in [2.24, 2.45) is 0 Å². The molecule has 0 aromatic heterocycles. The van der Waals surface area contributed by atoms with Crippen molar-refractivity contribution in [1.82, 2.24) is 0 Å². The molecule has 1 saturated heterocycles. The summed E-state index contributed by atoms with van der Waals surface area (Å²) in [5, 5.41) is 2.80. The van der Waals surface area contributed by atoms with E-state index in [-0.39, 0.29) is 18.4 Å². The number of carbonyl (C=O) groups excluding carboxylic acids is 2. The van der Waals surface area contributed by atoms with Gasteiger partial charge in [-0.15, -0.1) is 0 Å². The van der Waals surface area contributed by atoms with E-state index in [0.717, 1.165) is 22.5 Å². The minimum Gasteiger partial charge on any atom is -0.484 e. The van der Waals surface area contributed by atoms with Gasteiger partial charge in [-0.2, -0.15) is 0 Å². The number of carbonyl (C=O) groups is 2. The second-order valence-electron chi connectivity index (χ2n) is 7.13. The van der Waals surface area contributed by atoms with Crippen molar-refractivity contribution >= 4 is 57.6 Å². The van der Waals surface area contributed by atoms with Crippen LogP contribution in [-0.2, 0) is 9.59 Å². The highest BCUT2D eigenvalue weighted by molar-refractivity contribution is 8.27. The minimum absolute atomic E-state index is 0.118. The van der Waals surface area contributed by atoms with Crippen molar-refractivity contribution in [3.8, 4) is 5.75 Å². The maximum absolute atomic E-state index is 12.9. The van der Waals surface area contributed by atoms with Gasteiger partial charge in [0.2, 0.25) is 0 Å². The molecule has 0 atom stereocenters. The first-order valence-corrected chi connectivity index (χ1v) is 11.1. The van der Waals surface area contributed by atoms with Gasteiger partial charge in [0.15, 0.2) is 10.9 Å². The summed E-state index contributed by atoms with van der Waals surface area (Å²) < 4.78 is 6.13. The molecule has 32 heavy (non-hydrogen) atoms. The summed E-state index contributed by atoms with van der Waals surface area (Å²) in [6.07, 6.45) is 1.78. The van der Waals surface area contributed by atoms with Gasteiger partial charge in [-0.05, 0) is 55.0 Å². The van der Waals surface area contributed by atoms with Crippen LogP contribution in [0.4, 0.5) is 11.4 Å². The molecule has 3 aromatic rings. The number of anilines is 2. The van der Waals surface area contributed by atoms with Gasteiger partial charge in [-0.1, -0.05) is 72.0 Å². The Bertz CT molecular complexity index is 1190. The van der Waals surface area contributed by atoms with Crippen molar-refractivity contribution in [1.29, 1.82) is 0 Å². The number of nitrogens with zero attached hydrogens (tertiary/aromatic N) is 1. The maximum Gasteiger partial charge on any atom is 0.270 e. The number of rotatable bonds is 6. The third kappa shape index (κ3) is 5.25. The van der Waals surface area contributed by atoms with Crippen molar-refractivity contribution in [2.75, 3.05) is 16.8 Å². The highest BCUT2D eigenvalue weighted by atomic mass is 32.2. The molecule has 0 radical (unpaired) electrons. The predicted molar refractivity (Wildman–Crippen MR) is 134 cm³/mol. The van der Waals surface area contributed by atoms with E-state index in [1.54, 1.807) is 18.2 Å². The van der Waals surface area contributed by atoms with Gasteiger partial charge in [0.05, 0.1) is 10.6 Å². The van der Waals surface area contributed by atoms with Crippen molar-refractivity contribution in [2.45, 2.75) is 6.92 Å². The molecule has 7 heteroatoms. The number of hydrogen-bond donors (Lipinski definition) is 1. The zero-order chi connectivity index (χ0) is 22.5. The molecule has 1 heterocycles. The summed E-state index contributed by atoms with van der Waals surface area (Å²) in [5.74, 6) is 0.134. The van der Waals surface area contributed by atoms with E-state index in [4.69, 9.17) is 17.0 Å². The van der Waals surface area contributed by atoms with Crippen molar-refractivity contribution < 1.29 is 14.3 Å². The van der Waals surface area contributed by atoms with Crippen LogP contribution in [0.5, 0.6) is 5.75 Å². The molecule has 0 aliphatic carbocycles. The smallest absolute Gasteiger partial charge is 0.270 e. The molecule has 5 nitrogen and oxygen atoms in total. The minimum atomic E-state index is -0.247. The van der Waals surface area contributed by atoms with Crippen molar-refractivity contribution in [3.05, 3.63) is 94.9 Å². The number of para-hydroxylation sites is 1. The third-order valence-electron chi connectivity index (χ3n) is 4.67. The van der Waals surface area contributed by atoms with E-state index in [2.05, 4.69) is 5.32 Å². The van der Waals surface area contributed by atoms with Crippen LogP contribution in [0.15, 0.2) is 83.8 Å². The predicted octanol–water partition coefficient (Wildman–Crippen LogP) is 5.42. The Morgan fingerprint density at radius 3 is 2.56 bits per heavy atom. The van der Waals surface area contributed by atoms with E-state index in [1.165, 1.54) is 16.7 Å². The van der Waals surface area contributed by atoms with Crippen LogP contribution >= 0.6 is 24.0 Å². The van der Waals surface area contributed by atoms with E-state index < -0.39 is 0 Å². The van der Waals surface area contributed by atoms with Gasteiger partial charge in [-0.3, -0.25) is 14.5 Å². The number of thiocarbonyl (C=S) groups is 1. The Morgan fingerprint density at radius 1 is 1.06 bits per heavy atom. The van der Waals surface area contributed by atoms with Gasteiger partial charge < -0.3 is 10.1 Å². The first kappa shape index (κ1) is 21.8.